The zero-order valence-corrected chi connectivity index (χ0v) is 14.5. The molecule has 3 rings (SSSR count). The van der Waals surface area contributed by atoms with Crippen LogP contribution >= 0.6 is 0 Å². The summed E-state index contributed by atoms with van der Waals surface area (Å²) in [4.78, 5) is 14.5. The van der Waals surface area contributed by atoms with Crippen molar-refractivity contribution in [2.75, 3.05) is 11.9 Å². The van der Waals surface area contributed by atoms with Crippen LogP contribution in [0.25, 0.3) is 0 Å². The van der Waals surface area contributed by atoms with E-state index < -0.39 is 0 Å². The van der Waals surface area contributed by atoms with E-state index in [1.54, 1.807) is 0 Å². The van der Waals surface area contributed by atoms with E-state index in [2.05, 4.69) is 22.4 Å². The average Bonchev–Trinajstić information content (AvgIpc) is 3.04. The van der Waals surface area contributed by atoms with Crippen molar-refractivity contribution in [3.8, 4) is 0 Å². The molecular weight excluding hydrogens is 304 g/mol. The maximum atomic E-state index is 12.7. The van der Waals surface area contributed by atoms with Gasteiger partial charge in [-0.1, -0.05) is 19.1 Å². The summed E-state index contributed by atoms with van der Waals surface area (Å²) in [5.74, 6) is 1.39. The third-order valence-electron chi connectivity index (χ3n) is 4.62. The molecular formula is C18H24N4O2. The highest BCUT2D eigenvalue weighted by Gasteiger charge is 2.35. The highest BCUT2D eigenvalue weighted by molar-refractivity contribution is 5.89. The molecule has 1 fully saturated rings. The number of aryl methyl sites for hydroxylation is 2. The van der Waals surface area contributed by atoms with Gasteiger partial charge in [-0.05, 0) is 44.4 Å². The molecule has 0 saturated carbocycles. The molecule has 0 aliphatic carbocycles. The number of benzene rings is 1. The van der Waals surface area contributed by atoms with Crippen LogP contribution in [0.1, 0.15) is 50.0 Å². The lowest BCUT2D eigenvalue weighted by Gasteiger charge is -2.37. The molecule has 1 N–H and O–H groups in total. The van der Waals surface area contributed by atoms with E-state index in [1.165, 1.54) is 0 Å². The smallest absolute Gasteiger partial charge is 0.322 e. The van der Waals surface area contributed by atoms with Crippen LogP contribution in [-0.4, -0.2) is 33.7 Å². The topological polar surface area (TPSA) is 71.3 Å². The highest BCUT2D eigenvalue weighted by atomic mass is 16.4. The lowest BCUT2D eigenvalue weighted by Crippen LogP contribution is -2.47. The molecule has 128 valence electrons. The third kappa shape index (κ3) is 3.42. The number of anilines is 1. The number of carbonyl (C=O) groups excluding carboxylic acids is 1. The van der Waals surface area contributed by atoms with Gasteiger partial charge in [0.15, 0.2) is 0 Å². The Kier molecular flexibility index (Phi) is 4.83. The number of rotatable bonds is 3. The van der Waals surface area contributed by atoms with Gasteiger partial charge in [-0.15, -0.1) is 10.2 Å². The first-order valence-corrected chi connectivity index (χ1v) is 8.55. The van der Waals surface area contributed by atoms with Gasteiger partial charge in [0.1, 0.15) is 0 Å². The van der Waals surface area contributed by atoms with Gasteiger partial charge < -0.3 is 14.6 Å². The molecule has 0 bridgehead atoms. The van der Waals surface area contributed by atoms with Gasteiger partial charge in [-0.2, -0.15) is 0 Å². The fraction of sp³-hybridized carbons (Fsp3) is 0.500. The fourth-order valence-corrected chi connectivity index (χ4v) is 3.24. The molecule has 24 heavy (non-hydrogen) atoms. The quantitative estimate of drug-likeness (QED) is 0.931. The average molecular weight is 328 g/mol. The number of urea groups is 1. The van der Waals surface area contributed by atoms with Crippen molar-refractivity contribution in [2.24, 2.45) is 0 Å². The van der Waals surface area contributed by atoms with Crippen LogP contribution in [-0.2, 0) is 6.42 Å². The molecule has 1 aromatic heterocycles. The number of likely N-dealkylation sites (tertiary alicyclic amines) is 1. The number of hydrogen-bond donors (Lipinski definition) is 1. The number of aromatic nitrogens is 2. The van der Waals surface area contributed by atoms with E-state index in [0.717, 1.165) is 37.1 Å². The van der Waals surface area contributed by atoms with Gasteiger partial charge in [0, 0.05) is 24.7 Å². The molecule has 1 aliphatic rings. The first-order valence-electron chi connectivity index (χ1n) is 8.55. The zero-order chi connectivity index (χ0) is 17.1. The molecule has 2 aromatic rings. The fourth-order valence-electron chi connectivity index (χ4n) is 3.24. The van der Waals surface area contributed by atoms with Crippen LogP contribution < -0.4 is 5.32 Å². The number of amides is 2. The Bertz CT molecular complexity index is 713. The normalized spacial score (nSPS) is 20.9. The predicted molar refractivity (Wildman–Crippen MR) is 92.0 cm³/mol. The van der Waals surface area contributed by atoms with E-state index in [4.69, 9.17) is 4.42 Å². The maximum Gasteiger partial charge on any atom is 0.322 e. The van der Waals surface area contributed by atoms with Gasteiger partial charge in [0.05, 0.1) is 5.92 Å². The van der Waals surface area contributed by atoms with Crippen molar-refractivity contribution in [1.29, 1.82) is 0 Å². The highest BCUT2D eigenvalue weighted by Crippen LogP contribution is 2.32. The maximum absolute atomic E-state index is 12.7. The van der Waals surface area contributed by atoms with Crippen LogP contribution in [0.15, 0.2) is 28.7 Å². The summed E-state index contributed by atoms with van der Waals surface area (Å²) in [7, 11) is 0. The Morgan fingerprint density at radius 1 is 1.42 bits per heavy atom. The Hall–Kier alpha value is -2.37. The van der Waals surface area contributed by atoms with Crippen molar-refractivity contribution >= 4 is 11.7 Å². The monoisotopic (exact) mass is 328 g/mol. The summed E-state index contributed by atoms with van der Waals surface area (Å²) in [5.41, 5.74) is 1.94. The Labute approximate surface area is 142 Å². The van der Waals surface area contributed by atoms with E-state index in [0.29, 0.717) is 11.8 Å². The molecule has 6 nitrogen and oxygen atoms in total. The summed E-state index contributed by atoms with van der Waals surface area (Å²) >= 11 is 0. The van der Waals surface area contributed by atoms with Gasteiger partial charge in [-0.25, -0.2) is 4.79 Å². The summed E-state index contributed by atoms with van der Waals surface area (Å²) in [5, 5.41) is 11.2. The van der Waals surface area contributed by atoms with Crippen molar-refractivity contribution in [1.82, 2.24) is 15.1 Å². The summed E-state index contributed by atoms with van der Waals surface area (Å²) in [6.07, 6.45) is 2.62. The SMILES string of the molecule is CCc1nnc([C@@H]2CCCN(C(=O)Nc3cccc(C)c3)[C@@H]2C)o1. The molecule has 2 heterocycles. The molecule has 1 aliphatic heterocycles. The lowest BCUT2D eigenvalue weighted by atomic mass is 9.90. The standard InChI is InChI=1S/C18H24N4O2/c1-4-16-20-21-17(24-16)15-9-6-10-22(13(15)3)18(23)19-14-8-5-7-12(2)11-14/h5,7-8,11,13,15H,4,6,9-10H2,1-3H3,(H,19,23)/t13-,15-/m1/s1. The summed E-state index contributed by atoms with van der Waals surface area (Å²) < 4.78 is 5.72. The Morgan fingerprint density at radius 3 is 2.96 bits per heavy atom. The number of nitrogens with zero attached hydrogens (tertiary/aromatic N) is 3. The minimum Gasteiger partial charge on any atom is -0.425 e. The van der Waals surface area contributed by atoms with Crippen molar-refractivity contribution in [3.63, 3.8) is 0 Å². The van der Waals surface area contributed by atoms with Gasteiger partial charge in [0.2, 0.25) is 11.8 Å². The van der Waals surface area contributed by atoms with Crippen molar-refractivity contribution in [2.45, 2.75) is 52.0 Å². The molecule has 0 spiro atoms. The molecule has 1 aromatic carbocycles. The number of nitrogens with one attached hydrogen (secondary N) is 1. The molecule has 2 amide bonds. The Morgan fingerprint density at radius 2 is 2.25 bits per heavy atom. The molecule has 0 radical (unpaired) electrons. The largest absolute Gasteiger partial charge is 0.425 e. The Balaban J connectivity index is 1.72. The van der Waals surface area contributed by atoms with Gasteiger partial charge >= 0.3 is 6.03 Å². The van der Waals surface area contributed by atoms with Crippen molar-refractivity contribution in [3.05, 3.63) is 41.6 Å². The molecule has 2 atom stereocenters. The number of piperidine rings is 1. The first kappa shape index (κ1) is 16.5. The van der Waals surface area contributed by atoms with E-state index >= 15 is 0 Å². The van der Waals surface area contributed by atoms with Crippen molar-refractivity contribution < 1.29 is 9.21 Å². The second-order valence-corrected chi connectivity index (χ2v) is 6.37. The number of hydrogen-bond acceptors (Lipinski definition) is 4. The second kappa shape index (κ2) is 7.03. The zero-order valence-electron chi connectivity index (χ0n) is 14.5. The van der Waals surface area contributed by atoms with Crippen LogP contribution in [0, 0.1) is 6.92 Å². The first-order chi connectivity index (χ1) is 11.6. The summed E-state index contributed by atoms with van der Waals surface area (Å²) in [6.45, 7) is 6.79. The van der Waals surface area contributed by atoms with E-state index in [1.807, 2.05) is 43.0 Å². The van der Waals surface area contributed by atoms with Crippen LogP contribution in [0.3, 0.4) is 0 Å². The molecule has 6 heteroatoms. The van der Waals surface area contributed by atoms with Gasteiger partial charge in [0.25, 0.3) is 0 Å². The predicted octanol–water partition coefficient (Wildman–Crippen LogP) is 3.74. The second-order valence-electron chi connectivity index (χ2n) is 6.37. The van der Waals surface area contributed by atoms with Crippen LogP contribution in [0.2, 0.25) is 0 Å². The molecule has 0 unspecified atom stereocenters. The number of carbonyl (C=O) groups is 1. The molecule has 1 saturated heterocycles. The lowest BCUT2D eigenvalue weighted by molar-refractivity contribution is 0.147. The van der Waals surface area contributed by atoms with E-state index in [-0.39, 0.29) is 18.0 Å². The minimum absolute atomic E-state index is 0.0220. The van der Waals surface area contributed by atoms with Crippen LogP contribution in [0.4, 0.5) is 10.5 Å². The van der Waals surface area contributed by atoms with Crippen LogP contribution in [0.5, 0.6) is 0 Å². The third-order valence-corrected chi connectivity index (χ3v) is 4.62. The van der Waals surface area contributed by atoms with E-state index in [9.17, 15) is 4.79 Å². The summed E-state index contributed by atoms with van der Waals surface area (Å²) in [6, 6.07) is 7.77. The van der Waals surface area contributed by atoms with Gasteiger partial charge in [-0.3, -0.25) is 0 Å². The minimum atomic E-state index is -0.0759.